The zero-order chi connectivity index (χ0) is 18.8. The summed E-state index contributed by atoms with van der Waals surface area (Å²) in [4.78, 5) is 3.58. The van der Waals surface area contributed by atoms with E-state index in [0.29, 0.717) is 13.1 Å². The van der Waals surface area contributed by atoms with Crippen LogP contribution in [0, 0.1) is 0 Å². The number of hydrogen-bond acceptors (Lipinski definition) is 12. The molecule has 140 valence electrons. The third-order valence-corrected chi connectivity index (χ3v) is 4.10. The second-order valence-electron chi connectivity index (χ2n) is 5.85. The molecule has 1 fully saturated rings. The van der Waals surface area contributed by atoms with Gasteiger partial charge in [0.2, 0.25) is 11.7 Å². The molecule has 0 amide bonds. The molecule has 14 heteroatoms. The first-order chi connectivity index (χ1) is 12.5. The van der Waals surface area contributed by atoms with Crippen LogP contribution in [0.25, 0.3) is 0 Å². The number of hydrogen-bond donors (Lipinski definition) is 4. The molecular formula is C12H18N10O4. The van der Waals surface area contributed by atoms with Crippen molar-refractivity contribution in [2.24, 2.45) is 10.3 Å². The Labute approximate surface area is 146 Å². The predicted octanol–water partition coefficient (Wildman–Crippen LogP) is -1.02. The highest BCUT2D eigenvalue weighted by molar-refractivity contribution is 6.02. The molecule has 2 aromatic rings. The first-order valence-electron chi connectivity index (χ1n) is 7.62. The van der Waals surface area contributed by atoms with Crippen molar-refractivity contribution in [3.63, 3.8) is 0 Å². The van der Waals surface area contributed by atoms with E-state index in [-0.39, 0.29) is 46.8 Å². The van der Waals surface area contributed by atoms with Crippen LogP contribution < -0.4 is 11.5 Å². The van der Waals surface area contributed by atoms with Crippen molar-refractivity contribution >= 4 is 23.3 Å². The summed E-state index contributed by atoms with van der Waals surface area (Å²) >= 11 is 0. The molecule has 0 radical (unpaired) electrons. The lowest BCUT2D eigenvalue weighted by Gasteiger charge is -2.45. The average molecular weight is 366 g/mol. The summed E-state index contributed by atoms with van der Waals surface area (Å²) in [5.41, 5.74) is 11.7. The summed E-state index contributed by atoms with van der Waals surface area (Å²) in [6.45, 7) is 4.55. The number of nitrogen functional groups attached to an aromatic ring is 2. The summed E-state index contributed by atoms with van der Waals surface area (Å²) < 4.78 is 9.15. The number of rotatable bonds is 2. The van der Waals surface area contributed by atoms with Crippen molar-refractivity contribution in [3.05, 3.63) is 11.4 Å². The molecule has 0 aromatic carbocycles. The van der Waals surface area contributed by atoms with E-state index < -0.39 is 0 Å². The highest BCUT2D eigenvalue weighted by Gasteiger charge is 2.37. The molecule has 0 saturated carbocycles. The quantitative estimate of drug-likeness (QED) is 0.218. The Morgan fingerprint density at radius 3 is 1.77 bits per heavy atom. The van der Waals surface area contributed by atoms with Crippen molar-refractivity contribution in [3.8, 4) is 0 Å². The van der Waals surface area contributed by atoms with E-state index in [1.54, 1.807) is 4.90 Å². The number of oxime groups is 2. The Balaban J connectivity index is 1.86. The van der Waals surface area contributed by atoms with Crippen LogP contribution in [0.3, 0.4) is 0 Å². The molecule has 0 spiro atoms. The second kappa shape index (κ2) is 6.73. The molecule has 2 atom stereocenters. The van der Waals surface area contributed by atoms with Gasteiger partial charge in [0.1, 0.15) is 0 Å². The Morgan fingerprint density at radius 2 is 1.38 bits per heavy atom. The molecule has 0 bridgehead atoms. The van der Waals surface area contributed by atoms with Crippen LogP contribution in [-0.2, 0) is 0 Å². The van der Waals surface area contributed by atoms with Crippen molar-refractivity contribution in [2.75, 3.05) is 24.6 Å². The summed E-state index contributed by atoms with van der Waals surface area (Å²) in [5.74, 6) is 0.291. The fraction of sp³-hybridized carbons (Fsp3) is 0.500. The van der Waals surface area contributed by atoms with E-state index in [0.717, 1.165) is 0 Å². The third-order valence-electron chi connectivity index (χ3n) is 4.10. The Hall–Kier alpha value is -3.58. The molecule has 1 aliphatic rings. The maximum absolute atomic E-state index is 9.47. The number of anilines is 2. The minimum absolute atomic E-state index is 0.0127. The van der Waals surface area contributed by atoms with Crippen LogP contribution in [0.2, 0.25) is 0 Å². The van der Waals surface area contributed by atoms with E-state index in [9.17, 15) is 10.4 Å². The van der Waals surface area contributed by atoms with Crippen molar-refractivity contribution in [1.82, 2.24) is 30.4 Å². The van der Waals surface area contributed by atoms with Gasteiger partial charge in [-0.15, -0.1) is 0 Å². The van der Waals surface area contributed by atoms with Crippen molar-refractivity contribution in [1.29, 1.82) is 0 Å². The van der Waals surface area contributed by atoms with E-state index >= 15 is 0 Å². The van der Waals surface area contributed by atoms with Gasteiger partial charge < -0.3 is 31.7 Å². The Morgan fingerprint density at radius 1 is 0.923 bits per heavy atom. The zero-order valence-corrected chi connectivity index (χ0v) is 14.0. The first-order valence-corrected chi connectivity index (χ1v) is 7.62. The predicted molar refractivity (Wildman–Crippen MR) is 86.4 cm³/mol. The number of aromatic nitrogens is 4. The van der Waals surface area contributed by atoms with Gasteiger partial charge in [-0.3, -0.25) is 0 Å². The van der Waals surface area contributed by atoms with Crippen LogP contribution >= 0.6 is 0 Å². The molecule has 1 saturated heterocycles. The summed E-state index contributed by atoms with van der Waals surface area (Å²) in [7, 11) is 0. The number of amidine groups is 2. The van der Waals surface area contributed by atoms with Gasteiger partial charge in [-0.2, -0.15) is 0 Å². The largest absolute Gasteiger partial charge is 0.409 e. The number of piperazine rings is 1. The molecule has 2 unspecified atom stereocenters. The smallest absolute Gasteiger partial charge is 0.202 e. The van der Waals surface area contributed by atoms with Gasteiger partial charge in [-0.05, 0) is 34.5 Å². The summed E-state index contributed by atoms with van der Waals surface area (Å²) in [6.07, 6.45) is 0. The van der Waals surface area contributed by atoms with Crippen molar-refractivity contribution < 1.29 is 19.7 Å². The highest BCUT2D eigenvalue weighted by Crippen LogP contribution is 2.23. The average Bonchev–Trinajstić information content (AvgIpc) is 3.21. The third kappa shape index (κ3) is 2.80. The first kappa shape index (κ1) is 17.2. The highest BCUT2D eigenvalue weighted by atomic mass is 16.6. The Kier molecular flexibility index (Phi) is 4.47. The lowest BCUT2D eigenvalue weighted by Crippen LogP contribution is -2.60. The lowest BCUT2D eigenvalue weighted by atomic mass is 10.1. The molecule has 3 heterocycles. The van der Waals surface area contributed by atoms with Gasteiger partial charge in [0.05, 0.1) is 0 Å². The fourth-order valence-electron chi connectivity index (χ4n) is 3.10. The zero-order valence-electron chi connectivity index (χ0n) is 14.0. The van der Waals surface area contributed by atoms with Gasteiger partial charge in [-0.1, -0.05) is 10.3 Å². The van der Waals surface area contributed by atoms with E-state index in [4.69, 9.17) is 11.5 Å². The van der Waals surface area contributed by atoms with E-state index in [2.05, 4.69) is 40.2 Å². The standard InChI is InChI=1S/C12H18N10O4/c1-5-3-21(11(15-23)7-9(13)19-25-17-7)4-6(2)22(5)12(16-24)8-10(14)20-26-18-8/h5-6,23-24H,3-4H2,1-2H3,(H2,13,19)(H2,14,20)/b15-11+,16-12-. The van der Waals surface area contributed by atoms with Crippen LogP contribution in [0.15, 0.2) is 19.6 Å². The summed E-state index contributed by atoms with van der Waals surface area (Å²) in [6, 6.07) is -0.392. The van der Waals surface area contributed by atoms with Gasteiger partial charge in [0.15, 0.2) is 23.0 Å². The van der Waals surface area contributed by atoms with Gasteiger partial charge >= 0.3 is 0 Å². The molecule has 2 aromatic heterocycles. The molecule has 0 aliphatic carbocycles. The topological polar surface area (TPSA) is 202 Å². The minimum Gasteiger partial charge on any atom is -0.409 e. The van der Waals surface area contributed by atoms with Crippen LogP contribution in [0.4, 0.5) is 11.6 Å². The molecule has 14 nitrogen and oxygen atoms in total. The minimum atomic E-state index is -0.196. The Bertz CT molecular complexity index is 818. The number of nitrogens with two attached hydrogens (primary N) is 2. The van der Waals surface area contributed by atoms with Gasteiger partial charge in [0.25, 0.3) is 0 Å². The van der Waals surface area contributed by atoms with Crippen LogP contribution in [0.1, 0.15) is 25.2 Å². The van der Waals surface area contributed by atoms with Crippen molar-refractivity contribution in [2.45, 2.75) is 25.9 Å². The number of nitrogens with zero attached hydrogens (tertiary/aromatic N) is 8. The lowest BCUT2D eigenvalue weighted by molar-refractivity contribution is 0.132. The molecule has 1 aliphatic heterocycles. The van der Waals surface area contributed by atoms with Crippen LogP contribution in [-0.4, -0.2) is 77.7 Å². The maximum Gasteiger partial charge on any atom is 0.202 e. The fourth-order valence-corrected chi connectivity index (χ4v) is 3.10. The van der Waals surface area contributed by atoms with Gasteiger partial charge in [0, 0.05) is 25.2 Å². The molecule has 6 N–H and O–H groups in total. The van der Waals surface area contributed by atoms with Gasteiger partial charge in [-0.25, -0.2) is 9.26 Å². The molecular weight excluding hydrogens is 348 g/mol. The van der Waals surface area contributed by atoms with Crippen LogP contribution in [0.5, 0.6) is 0 Å². The molecule has 3 rings (SSSR count). The SMILES string of the molecule is CC1CN(/C(=N/O)c2nonc2N)CC(C)N1/C(=N\O)c1nonc1N. The van der Waals surface area contributed by atoms with E-state index in [1.165, 1.54) is 0 Å². The molecule has 26 heavy (non-hydrogen) atoms. The maximum atomic E-state index is 9.47. The summed E-state index contributed by atoms with van der Waals surface area (Å²) in [5, 5.41) is 39.8. The second-order valence-corrected chi connectivity index (χ2v) is 5.85. The normalized spacial score (nSPS) is 22.1. The monoisotopic (exact) mass is 366 g/mol. The van der Waals surface area contributed by atoms with E-state index in [1.807, 2.05) is 18.7 Å².